The summed E-state index contributed by atoms with van der Waals surface area (Å²) in [5.74, 6) is 0.672. The molecular weight excluding hydrogens is 398 g/mol. The van der Waals surface area contributed by atoms with Gasteiger partial charge in [0.1, 0.15) is 31.7 Å². The van der Waals surface area contributed by atoms with Gasteiger partial charge in [-0.2, -0.15) is 0 Å². The van der Waals surface area contributed by atoms with Gasteiger partial charge in [0.2, 0.25) is 0 Å². The number of hydrogen-bond acceptors (Lipinski definition) is 8. The molecular formula is C12H6Na2O7S3. The second kappa shape index (κ2) is 7.97. The van der Waals surface area contributed by atoms with E-state index in [1.807, 2.05) is 0 Å². The van der Waals surface area contributed by atoms with Crippen molar-refractivity contribution in [1.29, 1.82) is 0 Å². The molecule has 2 aromatic carbocycles. The largest absolute Gasteiger partial charge is 1.00 e. The van der Waals surface area contributed by atoms with Crippen LogP contribution >= 0.6 is 11.8 Å². The monoisotopic (exact) mass is 404 g/mol. The van der Waals surface area contributed by atoms with Crippen molar-refractivity contribution in [1.82, 2.24) is 0 Å². The molecule has 0 saturated heterocycles. The second-order valence-corrected chi connectivity index (χ2v) is 8.17. The Morgan fingerprint density at radius 1 is 0.750 bits per heavy atom. The van der Waals surface area contributed by atoms with Gasteiger partial charge in [-0.05, 0) is 36.4 Å². The molecule has 0 spiro atoms. The fourth-order valence-corrected chi connectivity index (χ4v) is 4.03. The van der Waals surface area contributed by atoms with Crippen LogP contribution in [0.3, 0.4) is 0 Å². The molecule has 1 aliphatic heterocycles. The molecule has 3 rings (SSSR count). The van der Waals surface area contributed by atoms with E-state index in [9.17, 15) is 25.9 Å². The molecule has 1 heterocycles. The summed E-state index contributed by atoms with van der Waals surface area (Å²) in [6.45, 7) is 0. The maximum atomic E-state index is 11.0. The molecule has 12 heteroatoms. The number of fused-ring (bicyclic) bond motifs is 2. The van der Waals surface area contributed by atoms with E-state index in [2.05, 4.69) is 0 Å². The van der Waals surface area contributed by atoms with Gasteiger partial charge >= 0.3 is 59.1 Å². The van der Waals surface area contributed by atoms with Crippen LogP contribution in [-0.2, 0) is 20.2 Å². The third-order valence-electron chi connectivity index (χ3n) is 2.85. The quantitative estimate of drug-likeness (QED) is 0.311. The molecule has 0 amide bonds. The Bertz CT molecular complexity index is 908. The number of benzene rings is 2. The Morgan fingerprint density at radius 3 is 1.46 bits per heavy atom. The summed E-state index contributed by atoms with van der Waals surface area (Å²) in [5, 5.41) is 0. The average Bonchev–Trinajstić information content (AvgIpc) is 2.41. The van der Waals surface area contributed by atoms with E-state index in [0.717, 1.165) is 36.0 Å². The van der Waals surface area contributed by atoms with Crippen LogP contribution in [0.1, 0.15) is 0 Å². The Morgan fingerprint density at radius 2 is 1.12 bits per heavy atom. The maximum Gasteiger partial charge on any atom is 1.00 e. The first-order valence-electron chi connectivity index (χ1n) is 5.70. The van der Waals surface area contributed by atoms with Crippen LogP contribution in [0.15, 0.2) is 56.0 Å². The van der Waals surface area contributed by atoms with Crippen LogP contribution in [0.2, 0.25) is 0 Å². The Hall–Kier alpha value is 0.410. The standard InChI is InChI=1S/C12H8O7S3.2Na/c13-21(14,15)7-1-3-9-11(5-7)20-12-6-8(22(16,17)18)2-4-10(12)19-9;;/h1-6H,(H,13,14,15)(H,16,17,18);;/q;2*+1/p-2. The molecule has 0 aliphatic carbocycles. The molecule has 2 aromatic rings. The summed E-state index contributed by atoms with van der Waals surface area (Å²) in [7, 11) is -9.22. The van der Waals surface area contributed by atoms with Crippen LogP contribution in [0.25, 0.3) is 0 Å². The minimum Gasteiger partial charge on any atom is -0.744 e. The average molecular weight is 404 g/mol. The molecule has 0 atom stereocenters. The molecule has 0 unspecified atom stereocenters. The molecule has 0 aromatic heterocycles. The molecule has 7 nitrogen and oxygen atoms in total. The maximum absolute atomic E-state index is 11.0. The van der Waals surface area contributed by atoms with E-state index in [4.69, 9.17) is 4.74 Å². The molecule has 0 fully saturated rings. The van der Waals surface area contributed by atoms with Gasteiger partial charge in [-0.25, -0.2) is 16.8 Å². The molecule has 0 radical (unpaired) electrons. The van der Waals surface area contributed by atoms with Crippen LogP contribution in [0.5, 0.6) is 11.5 Å². The van der Waals surface area contributed by atoms with Crippen molar-refractivity contribution in [3.63, 3.8) is 0 Å². The molecule has 0 N–H and O–H groups in total. The summed E-state index contributed by atoms with van der Waals surface area (Å²) in [5.41, 5.74) is 0. The van der Waals surface area contributed by atoms with Gasteiger partial charge in [0.25, 0.3) is 0 Å². The number of hydrogen-bond donors (Lipinski definition) is 0. The van der Waals surface area contributed by atoms with Gasteiger partial charge in [-0.3, -0.25) is 0 Å². The summed E-state index contributed by atoms with van der Waals surface area (Å²) >= 11 is 1.01. The van der Waals surface area contributed by atoms with E-state index in [0.29, 0.717) is 21.3 Å². The predicted molar refractivity (Wildman–Crippen MR) is 73.0 cm³/mol. The van der Waals surface area contributed by atoms with Crippen molar-refractivity contribution in [3.8, 4) is 11.5 Å². The van der Waals surface area contributed by atoms with E-state index < -0.39 is 30.0 Å². The van der Waals surface area contributed by atoms with Gasteiger partial charge < -0.3 is 13.8 Å². The van der Waals surface area contributed by atoms with E-state index in [1.165, 1.54) is 12.1 Å². The Kier molecular flexibility index (Phi) is 7.45. The Labute approximate surface area is 187 Å². The van der Waals surface area contributed by atoms with Crippen molar-refractivity contribution in [3.05, 3.63) is 36.4 Å². The minimum absolute atomic E-state index is 0. The van der Waals surface area contributed by atoms with Crippen molar-refractivity contribution >= 4 is 32.0 Å². The molecule has 0 saturated carbocycles. The first-order valence-corrected chi connectivity index (χ1v) is 9.33. The van der Waals surface area contributed by atoms with Crippen LogP contribution < -0.4 is 63.9 Å². The smallest absolute Gasteiger partial charge is 0.744 e. The third kappa shape index (κ3) is 4.77. The normalized spacial score (nSPS) is 12.8. The number of ether oxygens (including phenoxy) is 1. The molecule has 116 valence electrons. The third-order valence-corrected chi connectivity index (χ3v) is 5.59. The van der Waals surface area contributed by atoms with Crippen LogP contribution in [0.4, 0.5) is 0 Å². The first kappa shape index (κ1) is 22.5. The molecule has 24 heavy (non-hydrogen) atoms. The van der Waals surface area contributed by atoms with Crippen LogP contribution in [-0.4, -0.2) is 25.9 Å². The summed E-state index contributed by atoms with van der Waals surface area (Å²) in [6.07, 6.45) is 0. The van der Waals surface area contributed by atoms with E-state index >= 15 is 0 Å². The predicted octanol–water partition coefficient (Wildman–Crippen LogP) is -4.24. The molecule has 0 bridgehead atoms. The van der Waals surface area contributed by atoms with Crippen LogP contribution in [0, 0.1) is 0 Å². The van der Waals surface area contributed by atoms with Gasteiger partial charge in [0.15, 0.2) is 0 Å². The van der Waals surface area contributed by atoms with Gasteiger partial charge in [0, 0.05) is 0 Å². The fourth-order valence-electron chi connectivity index (χ4n) is 1.85. The van der Waals surface area contributed by atoms with Gasteiger partial charge in [0.05, 0.1) is 19.6 Å². The zero-order chi connectivity index (χ0) is 16.1. The van der Waals surface area contributed by atoms with Crippen molar-refractivity contribution in [2.24, 2.45) is 0 Å². The number of rotatable bonds is 2. The summed E-state index contributed by atoms with van der Waals surface area (Å²) in [4.78, 5) is -0.161. The zero-order valence-electron chi connectivity index (χ0n) is 12.5. The van der Waals surface area contributed by atoms with Crippen molar-refractivity contribution in [2.75, 3.05) is 0 Å². The summed E-state index contributed by atoms with van der Waals surface area (Å²) in [6, 6.07) is 7.22. The minimum atomic E-state index is -4.61. The zero-order valence-corrected chi connectivity index (χ0v) is 19.0. The van der Waals surface area contributed by atoms with Crippen molar-refractivity contribution in [2.45, 2.75) is 19.6 Å². The SMILES string of the molecule is O=S(=O)([O-])c1ccc2c(c1)Sc1cc(S(=O)(=O)[O-])ccc1O2.[Na+].[Na+]. The molecule has 1 aliphatic rings. The van der Waals surface area contributed by atoms with E-state index in [1.54, 1.807) is 0 Å². The Balaban J connectivity index is 0.00000144. The summed E-state index contributed by atoms with van der Waals surface area (Å²) < 4.78 is 71.6. The van der Waals surface area contributed by atoms with Gasteiger partial charge in [-0.1, -0.05) is 11.8 Å². The first-order chi connectivity index (χ1) is 10.1. The topological polar surface area (TPSA) is 124 Å². The second-order valence-electron chi connectivity index (χ2n) is 4.33. The van der Waals surface area contributed by atoms with Gasteiger partial charge in [-0.15, -0.1) is 0 Å². The fraction of sp³-hybridized carbons (Fsp3) is 0. The van der Waals surface area contributed by atoms with E-state index in [-0.39, 0.29) is 59.1 Å². The van der Waals surface area contributed by atoms with Crippen molar-refractivity contribution < 1.29 is 89.8 Å².